The molecule has 0 unspecified atom stereocenters. The van der Waals surface area contributed by atoms with Gasteiger partial charge in [0.05, 0.1) is 17.9 Å². The van der Waals surface area contributed by atoms with E-state index in [-0.39, 0.29) is 19.0 Å². The van der Waals surface area contributed by atoms with Gasteiger partial charge in [0, 0.05) is 18.9 Å². The van der Waals surface area contributed by atoms with E-state index in [0.717, 1.165) is 22.6 Å². The SMILES string of the molecule is COCc1nn(Cc2c(-c3ccccc3)nc3ccccn23)c(=O)o1. The van der Waals surface area contributed by atoms with E-state index in [2.05, 4.69) is 5.10 Å². The van der Waals surface area contributed by atoms with Crippen LogP contribution in [0.4, 0.5) is 0 Å². The Morgan fingerprint density at radius 3 is 2.72 bits per heavy atom. The van der Waals surface area contributed by atoms with Gasteiger partial charge in [-0.25, -0.2) is 9.78 Å². The largest absolute Gasteiger partial charge is 0.437 e. The summed E-state index contributed by atoms with van der Waals surface area (Å²) in [4.78, 5) is 16.8. The van der Waals surface area contributed by atoms with Gasteiger partial charge in [0.15, 0.2) is 0 Å². The average Bonchev–Trinajstić information content (AvgIpc) is 3.17. The van der Waals surface area contributed by atoms with Gasteiger partial charge in [-0.1, -0.05) is 36.4 Å². The first-order valence-electron chi connectivity index (χ1n) is 7.83. The number of imidazole rings is 1. The lowest BCUT2D eigenvalue weighted by molar-refractivity contribution is 0.158. The fourth-order valence-electron chi connectivity index (χ4n) is 2.80. The zero-order valence-electron chi connectivity index (χ0n) is 13.6. The Kier molecular flexibility index (Phi) is 3.91. The molecule has 1 aromatic carbocycles. The molecule has 0 fully saturated rings. The van der Waals surface area contributed by atoms with Crippen LogP contribution in [0, 0.1) is 0 Å². The van der Waals surface area contributed by atoms with Crippen LogP contribution < -0.4 is 5.76 Å². The van der Waals surface area contributed by atoms with Gasteiger partial charge in [0.1, 0.15) is 12.3 Å². The zero-order chi connectivity index (χ0) is 17.2. The summed E-state index contributed by atoms with van der Waals surface area (Å²) in [5.41, 5.74) is 3.47. The minimum Gasteiger partial charge on any atom is -0.390 e. The fourth-order valence-corrected chi connectivity index (χ4v) is 2.80. The van der Waals surface area contributed by atoms with Gasteiger partial charge in [0.2, 0.25) is 5.89 Å². The number of methoxy groups -OCH3 is 1. The summed E-state index contributed by atoms with van der Waals surface area (Å²) in [6, 6.07) is 15.6. The second-order valence-electron chi connectivity index (χ2n) is 5.55. The Morgan fingerprint density at radius 1 is 1.12 bits per heavy atom. The average molecular weight is 336 g/mol. The molecule has 0 spiro atoms. The summed E-state index contributed by atoms with van der Waals surface area (Å²) < 4.78 is 13.3. The lowest BCUT2D eigenvalue weighted by Crippen LogP contribution is -2.18. The quantitative estimate of drug-likeness (QED) is 0.559. The van der Waals surface area contributed by atoms with E-state index >= 15 is 0 Å². The van der Waals surface area contributed by atoms with E-state index in [1.165, 1.54) is 11.8 Å². The summed E-state index contributed by atoms with van der Waals surface area (Å²) in [7, 11) is 1.52. The molecule has 0 bridgehead atoms. The highest BCUT2D eigenvalue weighted by atomic mass is 16.5. The van der Waals surface area contributed by atoms with Gasteiger partial charge in [-0.2, -0.15) is 4.68 Å². The lowest BCUT2D eigenvalue weighted by atomic mass is 10.1. The number of hydrogen-bond acceptors (Lipinski definition) is 5. The Labute approximate surface area is 143 Å². The van der Waals surface area contributed by atoms with Crippen molar-refractivity contribution >= 4 is 5.65 Å². The number of nitrogens with zero attached hydrogens (tertiary/aromatic N) is 4. The molecule has 7 nitrogen and oxygen atoms in total. The van der Waals surface area contributed by atoms with Gasteiger partial charge in [-0.15, -0.1) is 5.10 Å². The van der Waals surface area contributed by atoms with Crippen LogP contribution in [0.25, 0.3) is 16.9 Å². The maximum Gasteiger partial charge on any atom is 0.437 e. The van der Waals surface area contributed by atoms with E-state index in [1.807, 2.05) is 59.1 Å². The summed E-state index contributed by atoms with van der Waals surface area (Å²) >= 11 is 0. The molecule has 0 radical (unpaired) electrons. The third-order valence-electron chi connectivity index (χ3n) is 3.89. The van der Waals surface area contributed by atoms with E-state index in [0.29, 0.717) is 0 Å². The van der Waals surface area contributed by atoms with Crippen molar-refractivity contribution in [3.8, 4) is 11.3 Å². The monoisotopic (exact) mass is 336 g/mol. The van der Waals surface area contributed by atoms with Crippen molar-refractivity contribution in [3.63, 3.8) is 0 Å². The first kappa shape index (κ1) is 15.3. The van der Waals surface area contributed by atoms with Crippen molar-refractivity contribution in [2.24, 2.45) is 0 Å². The smallest absolute Gasteiger partial charge is 0.390 e. The van der Waals surface area contributed by atoms with Gasteiger partial charge in [0.25, 0.3) is 0 Å². The van der Waals surface area contributed by atoms with Crippen LogP contribution in [0.2, 0.25) is 0 Å². The summed E-state index contributed by atoms with van der Waals surface area (Å²) in [6.45, 7) is 0.405. The third-order valence-corrected chi connectivity index (χ3v) is 3.89. The number of hydrogen-bond donors (Lipinski definition) is 0. The molecule has 4 rings (SSSR count). The first-order valence-corrected chi connectivity index (χ1v) is 7.83. The molecule has 0 aliphatic heterocycles. The van der Waals surface area contributed by atoms with Gasteiger partial charge >= 0.3 is 5.76 Å². The number of aromatic nitrogens is 4. The van der Waals surface area contributed by atoms with Crippen LogP contribution in [-0.2, 0) is 17.9 Å². The van der Waals surface area contributed by atoms with E-state index in [4.69, 9.17) is 14.1 Å². The van der Waals surface area contributed by atoms with Crippen LogP contribution in [0.5, 0.6) is 0 Å². The molecule has 0 aliphatic carbocycles. The second kappa shape index (κ2) is 6.37. The topological polar surface area (TPSA) is 74.6 Å². The van der Waals surface area contributed by atoms with E-state index in [9.17, 15) is 4.79 Å². The molecule has 0 atom stereocenters. The molecular weight excluding hydrogens is 320 g/mol. The van der Waals surface area contributed by atoms with E-state index in [1.54, 1.807) is 0 Å². The molecule has 25 heavy (non-hydrogen) atoms. The molecule has 3 aromatic heterocycles. The fraction of sp³-hybridized carbons (Fsp3) is 0.167. The predicted molar refractivity (Wildman–Crippen MR) is 91.2 cm³/mol. The van der Waals surface area contributed by atoms with Crippen LogP contribution in [0.1, 0.15) is 11.6 Å². The summed E-state index contributed by atoms with van der Waals surface area (Å²) in [5, 5.41) is 4.19. The van der Waals surface area contributed by atoms with Gasteiger partial charge < -0.3 is 13.6 Å². The molecular formula is C18H16N4O3. The van der Waals surface area contributed by atoms with Crippen LogP contribution in [0.15, 0.2) is 63.9 Å². The number of benzene rings is 1. The zero-order valence-corrected chi connectivity index (χ0v) is 13.6. The van der Waals surface area contributed by atoms with Crippen molar-refractivity contribution in [1.29, 1.82) is 0 Å². The Hall–Kier alpha value is -3.19. The van der Waals surface area contributed by atoms with E-state index < -0.39 is 5.76 Å². The highest BCUT2D eigenvalue weighted by Gasteiger charge is 2.17. The number of ether oxygens (including phenoxy) is 1. The highest BCUT2D eigenvalue weighted by Crippen LogP contribution is 2.24. The number of rotatable bonds is 5. The molecule has 0 amide bonds. The molecule has 126 valence electrons. The molecule has 7 heteroatoms. The van der Waals surface area contributed by atoms with Crippen molar-refractivity contribution < 1.29 is 9.15 Å². The number of fused-ring (bicyclic) bond motifs is 1. The van der Waals surface area contributed by atoms with Crippen LogP contribution >= 0.6 is 0 Å². The van der Waals surface area contributed by atoms with Crippen LogP contribution in [0.3, 0.4) is 0 Å². The Morgan fingerprint density at radius 2 is 1.92 bits per heavy atom. The molecule has 0 saturated carbocycles. The second-order valence-corrected chi connectivity index (χ2v) is 5.55. The lowest BCUT2D eigenvalue weighted by Gasteiger charge is -2.04. The molecule has 0 N–H and O–H groups in total. The van der Waals surface area contributed by atoms with Crippen molar-refractivity contribution in [1.82, 2.24) is 19.2 Å². The summed E-state index contributed by atoms with van der Waals surface area (Å²) in [5.74, 6) is -0.264. The van der Waals surface area contributed by atoms with Crippen LogP contribution in [-0.4, -0.2) is 26.3 Å². The maximum atomic E-state index is 12.1. The Bertz CT molecular complexity index is 1060. The first-order chi connectivity index (χ1) is 12.3. The van der Waals surface area contributed by atoms with Gasteiger partial charge in [-0.05, 0) is 12.1 Å². The molecule has 3 heterocycles. The normalized spacial score (nSPS) is 11.2. The third kappa shape index (κ3) is 2.85. The maximum absolute atomic E-state index is 12.1. The molecule has 0 saturated heterocycles. The number of pyridine rings is 1. The van der Waals surface area contributed by atoms with Crippen molar-refractivity contribution in [2.45, 2.75) is 13.2 Å². The molecule has 0 aliphatic rings. The van der Waals surface area contributed by atoms with Crippen molar-refractivity contribution in [3.05, 3.63) is 76.9 Å². The highest BCUT2D eigenvalue weighted by molar-refractivity contribution is 5.66. The standard InChI is InChI=1S/C18H16N4O3/c1-24-12-16-20-22(18(23)25-16)11-14-17(13-7-3-2-4-8-13)19-15-9-5-6-10-21(14)15/h2-10H,11-12H2,1H3. The van der Waals surface area contributed by atoms with Gasteiger partial charge in [-0.3, -0.25) is 0 Å². The minimum absolute atomic E-state index is 0.154. The summed E-state index contributed by atoms with van der Waals surface area (Å²) in [6.07, 6.45) is 1.92. The Balaban J connectivity index is 1.84. The molecule has 4 aromatic rings. The minimum atomic E-state index is -0.517. The predicted octanol–water partition coefficient (Wildman–Crippen LogP) is 2.35. The van der Waals surface area contributed by atoms with Crippen molar-refractivity contribution in [2.75, 3.05) is 7.11 Å².